The number of ether oxygens (including phenoxy) is 2. The van der Waals surface area contributed by atoms with Crippen molar-refractivity contribution in [2.75, 3.05) is 37.4 Å². The van der Waals surface area contributed by atoms with Crippen molar-refractivity contribution in [3.63, 3.8) is 0 Å². The third kappa shape index (κ3) is 6.73. The van der Waals surface area contributed by atoms with Crippen LogP contribution in [0.5, 0.6) is 0 Å². The summed E-state index contributed by atoms with van der Waals surface area (Å²) < 4.78 is 10.8. The smallest absolute Gasteiger partial charge is 0.158 e. The number of nitrogens with zero attached hydrogens (tertiary/aromatic N) is 2. The lowest BCUT2D eigenvalue weighted by Crippen LogP contribution is -2.33. The Hall–Kier alpha value is -1.40. The molecule has 1 aromatic heterocycles. The third-order valence-corrected chi connectivity index (χ3v) is 2.83. The van der Waals surface area contributed by atoms with E-state index in [1.165, 1.54) is 0 Å². The minimum Gasteiger partial charge on any atom is -0.377 e. The summed E-state index contributed by atoms with van der Waals surface area (Å²) in [6.45, 7) is 10.9. The summed E-state index contributed by atoms with van der Waals surface area (Å²) in [4.78, 5) is 8.87. The number of aromatic nitrogens is 2. The molecule has 0 unspecified atom stereocenters. The Labute approximate surface area is 127 Å². The molecule has 1 rings (SSSR count). The van der Waals surface area contributed by atoms with Gasteiger partial charge in [0.15, 0.2) is 5.82 Å². The van der Waals surface area contributed by atoms with E-state index >= 15 is 0 Å². The Morgan fingerprint density at radius 2 is 1.81 bits per heavy atom. The van der Waals surface area contributed by atoms with Crippen LogP contribution >= 0.6 is 0 Å². The molecule has 2 N–H and O–H groups in total. The van der Waals surface area contributed by atoms with E-state index in [2.05, 4.69) is 41.4 Å². The molecule has 0 atom stereocenters. The molecule has 0 aliphatic heterocycles. The molecular weight excluding hydrogens is 268 g/mol. The molecule has 6 nitrogen and oxygen atoms in total. The Kier molecular flexibility index (Phi) is 7.39. The van der Waals surface area contributed by atoms with Crippen molar-refractivity contribution < 1.29 is 9.47 Å². The monoisotopic (exact) mass is 296 g/mol. The Bertz CT molecular complexity index is 424. The van der Waals surface area contributed by atoms with E-state index in [4.69, 9.17) is 9.47 Å². The number of anilines is 2. The number of rotatable bonds is 10. The highest BCUT2D eigenvalue weighted by Gasteiger charge is 2.17. The zero-order valence-electron chi connectivity index (χ0n) is 13.8. The second-order valence-electron chi connectivity index (χ2n) is 5.46. The molecule has 6 heteroatoms. The van der Waals surface area contributed by atoms with Crippen LogP contribution in [-0.2, 0) is 16.1 Å². The van der Waals surface area contributed by atoms with E-state index in [0.717, 1.165) is 24.6 Å². The van der Waals surface area contributed by atoms with Crippen molar-refractivity contribution in [1.29, 1.82) is 0 Å². The minimum absolute atomic E-state index is 0.238. The van der Waals surface area contributed by atoms with E-state index < -0.39 is 0 Å². The molecule has 0 saturated heterocycles. The summed E-state index contributed by atoms with van der Waals surface area (Å²) in [6.07, 6.45) is 1.05. The summed E-state index contributed by atoms with van der Waals surface area (Å²) in [5, 5.41) is 6.59. The first-order valence-corrected chi connectivity index (χ1v) is 7.49. The lowest BCUT2D eigenvalue weighted by molar-refractivity contribution is 0.000634. The summed E-state index contributed by atoms with van der Waals surface area (Å²) >= 11 is 0. The van der Waals surface area contributed by atoms with E-state index in [0.29, 0.717) is 25.6 Å². The van der Waals surface area contributed by atoms with Gasteiger partial charge >= 0.3 is 0 Å². The van der Waals surface area contributed by atoms with Crippen LogP contribution < -0.4 is 10.6 Å². The quantitative estimate of drug-likeness (QED) is 0.692. The lowest BCUT2D eigenvalue weighted by Gasteiger charge is -2.25. The van der Waals surface area contributed by atoms with Gasteiger partial charge in [-0.2, -0.15) is 0 Å². The van der Waals surface area contributed by atoms with Gasteiger partial charge in [0.1, 0.15) is 18.2 Å². The molecule has 21 heavy (non-hydrogen) atoms. The largest absolute Gasteiger partial charge is 0.377 e. The van der Waals surface area contributed by atoms with Crippen LogP contribution in [0, 0.1) is 0 Å². The minimum atomic E-state index is -0.238. The second-order valence-corrected chi connectivity index (χ2v) is 5.46. The number of hydrogen-bond acceptors (Lipinski definition) is 6. The predicted octanol–water partition coefficient (Wildman–Crippen LogP) is 2.67. The van der Waals surface area contributed by atoms with Gasteiger partial charge in [-0.15, -0.1) is 0 Å². The molecular formula is C15H28N4O2. The van der Waals surface area contributed by atoms with Crippen molar-refractivity contribution in [3.8, 4) is 0 Å². The maximum Gasteiger partial charge on any atom is 0.158 e. The molecule has 1 aromatic rings. The molecule has 0 spiro atoms. The molecule has 0 aliphatic carbocycles. The van der Waals surface area contributed by atoms with Crippen LogP contribution in [0.1, 0.15) is 39.9 Å². The van der Waals surface area contributed by atoms with Gasteiger partial charge in [0.2, 0.25) is 0 Å². The zero-order chi connectivity index (χ0) is 15.7. The summed E-state index contributed by atoms with van der Waals surface area (Å²) in [7, 11) is 1.64. The van der Waals surface area contributed by atoms with Gasteiger partial charge < -0.3 is 20.1 Å². The van der Waals surface area contributed by atoms with Gasteiger partial charge in [0.25, 0.3) is 0 Å². The fourth-order valence-electron chi connectivity index (χ4n) is 1.87. The predicted molar refractivity (Wildman–Crippen MR) is 85.7 cm³/mol. The highest BCUT2D eigenvalue weighted by molar-refractivity contribution is 5.47. The Morgan fingerprint density at radius 3 is 2.38 bits per heavy atom. The Morgan fingerprint density at radius 1 is 1.14 bits per heavy atom. The first-order valence-electron chi connectivity index (χ1n) is 7.49. The van der Waals surface area contributed by atoms with Gasteiger partial charge in [-0.1, -0.05) is 6.92 Å². The first-order chi connectivity index (χ1) is 10.0. The first kappa shape index (κ1) is 17.7. The SMILES string of the molecule is CCCNc1cc(NCC(C)(C)OCC)nc(COC)n1. The van der Waals surface area contributed by atoms with Crippen LogP contribution in [0.2, 0.25) is 0 Å². The van der Waals surface area contributed by atoms with Gasteiger partial charge in [-0.05, 0) is 27.2 Å². The fraction of sp³-hybridized carbons (Fsp3) is 0.733. The van der Waals surface area contributed by atoms with Crippen LogP contribution in [0.3, 0.4) is 0 Å². The van der Waals surface area contributed by atoms with Crippen molar-refractivity contribution in [2.45, 2.75) is 46.3 Å². The molecule has 0 aromatic carbocycles. The van der Waals surface area contributed by atoms with Crippen LogP contribution in [0.4, 0.5) is 11.6 Å². The third-order valence-electron chi connectivity index (χ3n) is 2.83. The average molecular weight is 296 g/mol. The van der Waals surface area contributed by atoms with E-state index in [1.807, 2.05) is 13.0 Å². The molecule has 0 saturated carbocycles. The molecule has 0 bridgehead atoms. The highest BCUT2D eigenvalue weighted by Crippen LogP contribution is 2.15. The van der Waals surface area contributed by atoms with E-state index in [-0.39, 0.29) is 5.60 Å². The normalized spacial score (nSPS) is 11.5. The zero-order valence-corrected chi connectivity index (χ0v) is 13.8. The molecule has 0 amide bonds. The average Bonchev–Trinajstić information content (AvgIpc) is 2.43. The van der Waals surface area contributed by atoms with Crippen LogP contribution in [0.15, 0.2) is 6.07 Å². The summed E-state index contributed by atoms with van der Waals surface area (Å²) in [5.41, 5.74) is -0.238. The molecule has 0 fully saturated rings. The van der Waals surface area contributed by atoms with E-state index in [1.54, 1.807) is 7.11 Å². The maximum atomic E-state index is 5.68. The molecule has 0 radical (unpaired) electrons. The maximum absolute atomic E-state index is 5.68. The van der Waals surface area contributed by atoms with Gasteiger partial charge in [-0.25, -0.2) is 9.97 Å². The highest BCUT2D eigenvalue weighted by atomic mass is 16.5. The van der Waals surface area contributed by atoms with Gasteiger partial charge in [0.05, 0.1) is 5.60 Å². The second kappa shape index (κ2) is 8.79. The number of hydrogen-bond donors (Lipinski definition) is 2. The van der Waals surface area contributed by atoms with Crippen molar-refractivity contribution in [3.05, 3.63) is 11.9 Å². The summed E-state index contributed by atoms with van der Waals surface area (Å²) in [5.74, 6) is 2.26. The standard InChI is InChI=1S/C15H28N4O2/c1-6-8-16-12-9-13(19-14(18-12)10-20-5)17-11-15(3,4)21-7-2/h9H,6-8,10-11H2,1-5H3,(H2,16,17,18,19). The van der Waals surface area contributed by atoms with Crippen molar-refractivity contribution in [1.82, 2.24) is 9.97 Å². The summed E-state index contributed by atoms with van der Waals surface area (Å²) in [6, 6.07) is 1.91. The molecule has 120 valence electrons. The number of methoxy groups -OCH3 is 1. The van der Waals surface area contributed by atoms with Crippen LogP contribution in [0.25, 0.3) is 0 Å². The van der Waals surface area contributed by atoms with Crippen molar-refractivity contribution >= 4 is 11.6 Å². The molecule has 0 aliphatic rings. The fourth-order valence-corrected chi connectivity index (χ4v) is 1.87. The van der Waals surface area contributed by atoms with Gasteiger partial charge in [0, 0.05) is 32.9 Å². The lowest BCUT2D eigenvalue weighted by atomic mass is 10.1. The Balaban J connectivity index is 2.77. The van der Waals surface area contributed by atoms with Crippen LogP contribution in [-0.4, -0.2) is 42.4 Å². The topological polar surface area (TPSA) is 68.3 Å². The van der Waals surface area contributed by atoms with Crippen molar-refractivity contribution in [2.24, 2.45) is 0 Å². The van der Waals surface area contributed by atoms with E-state index in [9.17, 15) is 0 Å². The number of nitrogens with one attached hydrogen (secondary N) is 2. The molecule has 1 heterocycles. The van der Waals surface area contributed by atoms with Gasteiger partial charge in [-0.3, -0.25) is 0 Å².